The number of benzene rings is 5. The van der Waals surface area contributed by atoms with E-state index in [1.165, 1.54) is 0 Å². The van der Waals surface area contributed by atoms with E-state index < -0.39 is 14.3 Å². The second-order valence-corrected chi connectivity index (χ2v) is 14.2. The summed E-state index contributed by atoms with van der Waals surface area (Å²) in [6.07, 6.45) is 0. The highest BCUT2D eigenvalue weighted by Crippen LogP contribution is 2.48. The van der Waals surface area contributed by atoms with Gasteiger partial charge in [-0.25, -0.2) is 0 Å². The van der Waals surface area contributed by atoms with Crippen molar-refractivity contribution >= 4 is 46.1 Å². The molecule has 5 aromatic rings. The van der Waals surface area contributed by atoms with Gasteiger partial charge < -0.3 is 18.6 Å². The molecule has 0 amide bonds. The van der Waals surface area contributed by atoms with Crippen LogP contribution in [0.15, 0.2) is 133 Å². The Kier molecular flexibility index (Phi) is 7.38. The van der Waals surface area contributed by atoms with Gasteiger partial charge in [0.15, 0.2) is 14.3 Å². The molecule has 0 saturated heterocycles. The molecule has 4 nitrogen and oxygen atoms in total. The molecule has 190 valence electrons. The van der Waals surface area contributed by atoms with E-state index in [1.54, 1.807) is 14.2 Å². The van der Waals surface area contributed by atoms with Crippen LogP contribution in [-0.4, -0.2) is 14.2 Å². The van der Waals surface area contributed by atoms with E-state index in [1.807, 2.05) is 133 Å². The molecule has 0 spiro atoms. The second kappa shape index (κ2) is 10.9. The van der Waals surface area contributed by atoms with Crippen molar-refractivity contribution in [3.63, 3.8) is 0 Å². The summed E-state index contributed by atoms with van der Waals surface area (Å²) < 4.78 is 41.7. The van der Waals surface area contributed by atoms with Crippen LogP contribution in [0, 0.1) is 0 Å². The molecular formula is C32H28O4P2. The van der Waals surface area contributed by atoms with Crippen LogP contribution >= 0.6 is 14.3 Å². The molecule has 6 heteroatoms. The highest BCUT2D eigenvalue weighted by atomic mass is 31.2. The summed E-state index contributed by atoms with van der Waals surface area (Å²) in [5, 5.41) is 3.75. The van der Waals surface area contributed by atoms with E-state index >= 15 is 9.13 Å². The third kappa shape index (κ3) is 4.52. The second-order valence-electron chi connectivity index (χ2n) is 8.77. The van der Waals surface area contributed by atoms with Crippen molar-refractivity contribution in [2.75, 3.05) is 14.2 Å². The Labute approximate surface area is 223 Å². The first-order valence-corrected chi connectivity index (χ1v) is 15.6. The predicted octanol–water partition coefficient (Wildman–Crippen LogP) is 4.98. The predicted molar refractivity (Wildman–Crippen MR) is 158 cm³/mol. The van der Waals surface area contributed by atoms with Gasteiger partial charge in [-0.1, -0.05) is 84.9 Å². The summed E-state index contributed by atoms with van der Waals surface area (Å²) >= 11 is 0. The lowest BCUT2D eigenvalue weighted by molar-refractivity contribution is 0.415. The number of methoxy groups -OCH3 is 2. The van der Waals surface area contributed by atoms with Crippen LogP contribution in [0.1, 0.15) is 0 Å². The molecule has 38 heavy (non-hydrogen) atoms. The van der Waals surface area contributed by atoms with Gasteiger partial charge in [-0.15, -0.1) is 0 Å². The summed E-state index contributed by atoms with van der Waals surface area (Å²) in [4.78, 5) is 0. The largest absolute Gasteiger partial charge is 0.497 e. The van der Waals surface area contributed by atoms with Gasteiger partial charge in [0.25, 0.3) is 0 Å². The quantitative estimate of drug-likeness (QED) is 0.262. The van der Waals surface area contributed by atoms with E-state index in [-0.39, 0.29) is 0 Å². The van der Waals surface area contributed by atoms with E-state index in [2.05, 4.69) is 0 Å². The molecule has 5 rings (SSSR count). The fourth-order valence-corrected chi connectivity index (χ4v) is 11.0. The van der Waals surface area contributed by atoms with Gasteiger partial charge in [-0.2, -0.15) is 0 Å². The number of hydrogen-bond acceptors (Lipinski definition) is 4. The van der Waals surface area contributed by atoms with Crippen molar-refractivity contribution in [2.24, 2.45) is 0 Å². The van der Waals surface area contributed by atoms with Crippen LogP contribution in [0.5, 0.6) is 11.5 Å². The topological polar surface area (TPSA) is 52.6 Å². The van der Waals surface area contributed by atoms with Crippen LogP contribution in [0.25, 0.3) is 0 Å². The van der Waals surface area contributed by atoms with Gasteiger partial charge >= 0.3 is 0 Å². The molecule has 0 bridgehead atoms. The maximum atomic E-state index is 15.5. The standard InChI is InChI=1S/C32H28O4P2/c1-35-25-17-21-29(22-18-25)38(34,30-23-19-26(36-2)20-24-30)32-16-10-9-15-31(32)37(33,27-11-5-3-6-12-27)28-13-7-4-8-14-28/h3-24H,1-2H3. The molecule has 0 heterocycles. The van der Waals surface area contributed by atoms with Crippen molar-refractivity contribution < 1.29 is 18.6 Å². The zero-order valence-electron chi connectivity index (χ0n) is 21.2. The smallest absolute Gasteiger partial charge is 0.171 e. The number of rotatable bonds is 8. The third-order valence-corrected chi connectivity index (χ3v) is 13.1. The Hall–Kier alpha value is -3.84. The first-order valence-electron chi connectivity index (χ1n) is 12.2. The van der Waals surface area contributed by atoms with Crippen LogP contribution in [-0.2, 0) is 9.13 Å². The van der Waals surface area contributed by atoms with E-state index in [4.69, 9.17) is 9.47 Å². The van der Waals surface area contributed by atoms with Crippen LogP contribution in [0.3, 0.4) is 0 Å². The fourth-order valence-electron chi connectivity index (χ4n) is 4.71. The molecule has 0 aromatic heterocycles. The average molecular weight is 539 g/mol. The van der Waals surface area contributed by atoms with Crippen LogP contribution in [0.2, 0.25) is 0 Å². The van der Waals surface area contributed by atoms with E-state index in [0.29, 0.717) is 43.3 Å². The highest BCUT2D eigenvalue weighted by Gasteiger charge is 2.39. The lowest BCUT2D eigenvalue weighted by Gasteiger charge is -2.27. The Morgan fingerprint density at radius 3 is 1.00 bits per heavy atom. The molecule has 0 aliphatic heterocycles. The molecule has 0 atom stereocenters. The van der Waals surface area contributed by atoms with Gasteiger partial charge in [0.05, 0.1) is 14.2 Å². The summed E-state index contributed by atoms with van der Waals surface area (Å²) in [6, 6.07) is 40.9. The average Bonchev–Trinajstić information content (AvgIpc) is 3.01. The van der Waals surface area contributed by atoms with Crippen molar-refractivity contribution in [1.29, 1.82) is 0 Å². The fraction of sp³-hybridized carbons (Fsp3) is 0.0625. The lowest BCUT2D eigenvalue weighted by Crippen LogP contribution is -2.38. The molecule has 5 aromatic carbocycles. The zero-order chi connectivity index (χ0) is 26.6. The minimum atomic E-state index is -3.50. The maximum Gasteiger partial charge on any atom is 0.171 e. The van der Waals surface area contributed by atoms with Gasteiger partial charge in [0.2, 0.25) is 0 Å². The number of ether oxygens (including phenoxy) is 2. The van der Waals surface area contributed by atoms with Crippen LogP contribution < -0.4 is 41.3 Å². The van der Waals surface area contributed by atoms with Crippen molar-refractivity contribution in [3.05, 3.63) is 133 Å². The molecule has 0 N–H and O–H groups in total. The maximum absolute atomic E-state index is 15.5. The molecule has 0 aliphatic rings. The first-order chi connectivity index (χ1) is 18.5. The molecule has 0 radical (unpaired) electrons. The summed E-state index contributed by atoms with van der Waals surface area (Å²) in [6.45, 7) is 0. The van der Waals surface area contributed by atoms with Gasteiger partial charge in [-0.05, 0) is 48.5 Å². The highest BCUT2D eigenvalue weighted by molar-refractivity contribution is 7.90. The Bertz CT molecular complexity index is 1520. The summed E-state index contributed by atoms with van der Waals surface area (Å²) in [5.41, 5.74) is 0. The molecule has 0 saturated carbocycles. The van der Waals surface area contributed by atoms with E-state index in [9.17, 15) is 0 Å². The van der Waals surface area contributed by atoms with Crippen molar-refractivity contribution in [3.8, 4) is 11.5 Å². The molecule has 0 aliphatic carbocycles. The van der Waals surface area contributed by atoms with Crippen molar-refractivity contribution in [1.82, 2.24) is 0 Å². The monoisotopic (exact) mass is 538 g/mol. The Morgan fingerprint density at radius 2 is 0.684 bits per heavy atom. The lowest BCUT2D eigenvalue weighted by atomic mass is 10.3. The molecular weight excluding hydrogens is 510 g/mol. The van der Waals surface area contributed by atoms with E-state index in [0.717, 1.165) is 0 Å². The first kappa shape index (κ1) is 25.8. The minimum Gasteiger partial charge on any atom is -0.497 e. The normalized spacial score (nSPS) is 11.6. The summed E-state index contributed by atoms with van der Waals surface area (Å²) in [7, 11) is -3.70. The van der Waals surface area contributed by atoms with Gasteiger partial charge in [0, 0.05) is 31.8 Å². The SMILES string of the molecule is COc1ccc(P(=O)(c2ccc(OC)cc2)c2ccccc2P(=O)(c2ccccc2)c2ccccc2)cc1. The summed E-state index contributed by atoms with van der Waals surface area (Å²) in [5.74, 6) is 1.34. The van der Waals surface area contributed by atoms with Gasteiger partial charge in [0.1, 0.15) is 11.5 Å². The molecule has 0 unspecified atom stereocenters. The zero-order valence-corrected chi connectivity index (χ0v) is 23.0. The van der Waals surface area contributed by atoms with Crippen molar-refractivity contribution in [2.45, 2.75) is 0 Å². The molecule has 0 fully saturated rings. The number of hydrogen-bond donors (Lipinski definition) is 0. The van der Waals surface area contributed by atoms with Crippen LogP contribution in [0.4, 0.5) is 0 Å². The Morgan fingerprint density at radius 1 is 0.395 bits per heavy atom. The van der Waals surface area contributed by atoms with Gasteiger partial charge in [-0.3, -0.25) is 0 Å². The third-order valence-electron chi connectivity index (χ3n) is 6.67. The Balaban J connectivity index is 1.84. The minimum absolute atomic E-state index is 0.548.